The molecule has 4 atom stereocenters. The van der Waals surface area contributed by atoms with Crippen molar-refractivity contribution < 1.29 is 55.4 Å². The summed E-state index contributed by atoms with van der Waals surface area (Å²) in [5.74, 6) is -2.92. The van der Waals surface area contributed by atoms with Crippen LogP contribution in [0.1, 0.15) is 78.6 Å². The summed E-state index contributed by atoms with van der Waals surface area (Å²) in [4.78, 5) is 54.1. The van der Waals surface area contributed by atoms with Crippen molar-refractivity contribution in [2.24, 2.45) is 11.3 Å². The second kappa shape index (κ2) is 12.6. The van der Waals surface area contributed by atoms with Gasteiger partial charge < -0.3 is 25.4 Å². The van der Waals surface area contributed by atoms with Crippen LogP contribution in [0.25, 0.3) is 0 Å². The maximum atomic E-state index is 13.6. The summed E-state index contributed by atoms with van der Waals surface area (Å²) in [6.45, 7) is 3.01. The lowest BCUT2D eigenvalue weighted by atomic mass is 9.90. The predicted octanol–water partition coefficient (Wildman–Crippen LogP) is 4.33. The molecular weight excluding hydrogens is 588 g/mol. The minimum atomic E-state index is -6.12. The van der Waals surface area contributed by atoms with Crippen LogP contribution in [0.2, 0.25) is 0 Å². The predicted molar refractivity (Wildman–Crippen MR) is 140 cm³/mol. The molecule has 0 bridgehead atoms. The van der Waals surface area contributed by atoms with Crippen molar-refractivity contribution in [1.29, 1.82) is 0 Å². The monoisotopic (exact) mass is 627 g/mol. The zero-order chi connectivity index (χ0) is 32.4. The fourth-order valence-electron chi connectivity index (χ4n) is 5.62. The zero-order valence-corrected chi connectivity index (χ0v) is 24.4. The Hall–Kier alpha value is -2.84. The van der Waals surface area contributed by atoms with Crippen LogP contribution in [0, 0.1) is 11.3 Å². The van der Waals surface area contributed by atoms with E-state index in [0.29, 0.717) is 32.1 Å². The van der Waals surface area contributed by atoms with E-state index in [-0.39, 0.29) is 25.8 Å². The number of hydrogen-bond acceptors (Lipinski definition) is 6. The number of ketones is 1. The van der Waals surface area contributed by atoms with Crippen molar-refractivity contribution in [3.8, 4) is 0 Å². The van der Waals surface area contributed by atoms with Gasteiger partial charge in [-0.15, -0.1) is 0 Å². The molecule has 0 unspecified atom stereocenters. The number of alkyl carbamates (subject to hydrolysis) is 1. The number of ether oxygens (including phenoxy) is 1. The van der Waals surface area contributed by atoms with Crippen molar-refractivity contribution in [2.75, 3.05) is 13.1 Å². The number of halogens is 6. The SMILES string of the molecule is CC(C)(C)OC(=O)N[C@H]1CCCCC/C=C\[C@@H]2C[C@@]2(C(=O)NCC(O)(C(F)(F)F)C(F)(F)F)CC(=O)[C@@H]2CCCN2C1=O. The lowest BCUT2D eigenvalue weighted by molar-refractivity contribution is -0.364. The van der Waals surface area contributed by atoms with Crippen LogP contribution in [0.15, 0.2) is 12.2 Å². The highest BCUT2D eigenvalue weighted by Crippen LogP contribution is 2.57. The quantitative estimate of drug-likeness (QED) is 0.315. The molecule has 0 radical (unpaired) electrons. The number of amides is 3. The third-order valence-corrected chi connectivity index (χ3v) is 8.15. The number of Topliss-reactive ketones (excluding diaryl/α,β-unsaturated/α-hetero) is 1. The van der Waals surface area contributed by atoms with Gasteiger partial charge in [0.1, 0.15) is 11.6 Å². The molecule has 244 valence electrons. The van der Waals surface area contributed by atoms with Gasteiger partial charge in [-0.2, -0.15) is 26.3 Å². The zero-order valence-electron chi connectivity index (χ0n) is 24.4. The number of rotatable bonds is 4. The van der Waals surface area contributed by atoms with Gasteiger partial charge in [0.05, 0.1) is 18.0 Å². The number of nitrogens with zero attached hydrogens (tertiary/aromatic N) is 1. The first kappa shape index (κ1) is 34.6. The molecule has 43 heavy (non-hydrogen) atoms. The minimum absolute atomic E-state index is 0.00102. The smallest absolute Gasteiger partial charge is 0.428 e. The molecule has 3 aliphatic rings. The summed E-state index contributed by atoms with van der Waals surface area (Å²) in [5, 5.41) is 13.7. The van der Waals surface area contributed by atoms with E-state index in [1.54, 1.807) is 38.2 Å². The topological polar surface area (TPSA) is 125 Å². The molecular formula is C28H39F6N3O6. The van der Waals surface area contributed by atoms with E-state index in [0.717, 1.165) is 0 Å². The molecule has 1 aliphatic carbocycles. The minimum Gasteiger partial charge on any atom is -0.444 e. The Bertz CT molecular complexity index is 1090. The van der Waals surface area contributed by atoms with Crippen LogP contribution >= 0.6 is 0 Å². The van der Waals surface area contributed by atoms with Crippen molar-refractivity contribution in [3.63, 3.8) is 0 Å². The van der Waals surface area contributed by atoms with Crippen molar-refractivity contribution in [3.05, 3.63) is 12.2 Å². The van der Waals surface area contributed by atoms with Gasteiger partial charge in [-0.05, 0) is 65.2 Å². The summed E-state index contributed by atoms with van der Waals surface area (Å²) >= 11 is 0. The standard InChI is InChI=1S/C28H39F6N3O6/c1-24(2,3)43-23(41)36-18-11-8-6-4-5-7-10-17-14-25(17,15-20(38)19-12-9-13-37(19)21(18)39)22(40)35-16-26(42,27(29,30)31)28(32,33)34/h7,10,17-19,42H,4-6,8-9,11-16H2,1-3H3,(H,35,40)(H,36,41)/b10-7-/t17-,18+,19+,25-/m1/s1. The molecule has 3 N–H and O–H groups in total. The number of nitrogens with one attached hydrogen (secondary N) is 2. The summed E-state index contributed by atoms with van der Waals surface area (Å²) in [6, 6.07) is -1.98. The van der Waals surface area contributed by atoms with Crippen LogP contribution in [0.4, 0.5) is 31.1 Å². The summed E-state index contributed by atoms with van der Waals surface area (Å²) < 4.78 is 84.4. The third kappa shape index (κ3) is 8.01. The highest BCUT2D eigenvalue weighted by Gasteiger charge is 2.71. The maximum absolute atomic E-state index is 13.6. The van der Waals surface area contributed by atoms with Crippen LogP contribution in [0.3, 0.4) is 0 Å². The van der Waals surface area contributed by atoms with Crippen LogP contribution < -0.4 is 10.6 Å². The average Bonchev–Trinajstić information content (AvgIpc) is 3.32. The first-order valence-electron chi connectivity index (χ1n) is 14.4. The van der Waals surface area contributed by atoms with Crippen molar-refractivity contribution in [1.82, 2.24) is 15.5 Å². The molecule has 0 aromatic carbocycles. The molecule has 2 aliphatic heterocycles. The van der Waals surface area contributed by atoms with Gasteiger partial charge in [-0.1, -0.05) is 25.0 Å². The summed E-state index contributed by atoms with van der Waals surface area (Å²) in [5.41, 5.74) is -7.63. The first-order valence-corrected chi connectivity index (χ1v) is 14.4. The molecule has 15 heteroatoms. The number of carbonyl (C=O) groups is 4. The van der Waals surface area contributed by atoms with Gasteiger partial charge in [0.2, 0.25) is 11.8 Å². The van der Waals surface area contributed by atoms with Crippen LogP contribution in [0.5, 0.6) is 0 Å². The van der Waals surface area contributed by atoms with E-state index in [1.807, 2.05) is 0 Å². The van der Waals surface area contributed by atoms with E-state index in [1.165, 1.54) is 4.90 Å². The highest BCUT2D eigenvalue weighted by atomic mass is 19.4. The number of allylic oxidation sites excluding steroid dienone is 2. The molecule has 3 amide bonds. The molecule has 1 saturated carbocycles. The Morgan fingerprint density at radius 1 is 1.02 bits per heavy atom. The average molecular weight is 628 g/mol. The van der Waals surface area contributed by atoms with Gasteiger partial charge >= 0.3 is 18.4 Å². The van der Waals surface area contributed by atoms with Gasteiger partial charge in [-0.25, -0.2) is 4.79 Å². The Morgan fingerprint density at radius 3 is 2.28 bits per heavy atom. The fraction of sp³-hybridized carbons (Fsp3) is 0.786. The van der Waals surface area contributed by atoms with Gasteiger partial charge in [0.15, 0.2) is 5.78 Å². The van der Waals surface area contributed by atoms with Crippen molar-refractivity contribution in [2.45, 2.75) is 114 Å². The third-order valence-electron chi connectivity index (χ3n) is 8.15. The number of hydrogen-bond donors (Lipinski definition) is 3. The van der Waals surface area contributed by atoms with E-state index in [4.69, 9.17) is 4.74 Å². The second-order valence-corrected chi connectivity index (χ2v) is 12.6. The summed E-state index contributed by atoms with van der Waals surface area (Å²) in [7, 11) is 0. The molecule has 0 aromatic heterocycles. The van der Waals surface area contributed by atoms with Crippen molar-refractivity contribution >= 4 is 23.7 Å². The maximum Gasteiger partial charge on any atom is 0.428 e. The Balaban J connectivity index is 1.84. The van der Waals surface area contributed by atoms with Gasteiger partial charge in [0.25, 0.3) is 5.60 Å². The number of aliphatic hydroxyl groups is 1. The molecule has 9 nitrogen and oxygen atoms in total. The largest absolute Gasteiger partial charge is 0.444 e. The molecule has 3 rings (SSSR count). The Labute approximate surface area is 245 Å². The van der Waals surface area contributed by atoms with Crippen LogP contribution in [-0.4, -0.2) is 82.4 Å². The number of fused-ring (bicyclic) bond motifs is 2. The first-order chi connectivity index (χ1) is 19.7. The molecule has 1 saturated heterocycles. The highest BCUT2D eigenvalue weighted by molar-refractivity contribution is 5.97. The molecule has 0 aromatic rings. The Kier molecular flexibility index (Phi) is 10.2. The van der Waals surface area contributed by atoms with Crippen LogP contribution in [-0.2, 0) is 19.1 Å². The fourth-order valence-corrected chi connectivity index (χ4v) is 5.62. The van der Waals surface area contributed by atoms with E-state index in [2.05, 4.69) is 5.32 Å². The van der Waals surface area contributed by atoms with Gasteiger partial charge in [0, 0.05) is 13.0 Å². The normalized spacial score (nSPS) is 28.6. The molecule has 2 fully saturated rings. The van der Waals surface area contributed by atoms with Gasteiger partial charge in [-0.3, -0.25) is 14.4 Å². The van der Waals surface area contributed by atoms with E-state index in [9.17, 15) is 50.6 Å². The molecule has 0 spiro atoms. The second-order valence-electron chi connectivity index (χ2n) is 12.6. The lowest BCUT2D eigenvalue weighted by Gasteiger charge is -2.33. The number of carbonyl (C=O) groups excluding carboxylic acids is 4. The summed E-state index contributed by atoms with van der Waals surface area (Å²) in [6.07, 6.45) is -6.76. The van der Waals surface area contributed by atoms with E-state index >= 15 is 0 Å². The molecule has 2 heterocycles. The van der Waals surface area contributed by atoms with E-state index < -0.39 is 83.6 Å². The number of alkyl halides is 6. The lowest BCUT2D eigenvalue weighted by Crippen LogP contribution is -2.63. The Morgan fingerprint density at radius 2 is 1.67 bits per heavy atom.